The molecule has 0 amide bonds. The van der Waals surface area contributed by atoms with Crippen molar-refractivity contribution in [2.45, 2.75) is 38.6 Å². The number of phenolic OH excluding ortho intramolecular Hbond substituents is 2. The Bertz CT molecular complexity index is 895. The Balaban J connectivity index is 1.89. The molecule has 0 radical (unpaired) electrons. The summed E-state index contributed by atoms with van der Waals surface area (Å²) in [5.74, 6) is 0.706. The number of hydrogen-bond acceptors (Lipinski definition) is 4. The van der Waals surface area contributed by atoms with Crippen LogP contribution >= 0.6 is 0 Å². The van der Waals surface area contributed by atoms with Gasteiger partial charge in [0.1, 0.15) is 17.2 Å². The molecule has 5 nitrogen and oxygen atoms in total. The van der Waals surface area contributed by atoms with Crippen molar-refractivity contribution in [3.05, 3.63) is 42.1 Å². The highest BCUT2D eigenvalue weighted by atomic mass is 16.3. The topological polar surface area (TPSA) is 69.8 Å². The number of phenols is 2. The van der Waals surface area contributed by atoms with E-state index in [1.807, 2.05) is 12.1 Å². The van der Waals surface area contributed by atoms with Gasteiger partial charge in [0.2, 0.25) is 0 Å². The predicted octanol–water partition coefficient (Wildman–Crippen LogP) is 4.08. The van der Waals surface area contributed by atoms with Gasteiger partial charge in [-0.1, -0.05) is 18.9 Å². The average Bonchev–Trinajstić information content (AvgIpc) is 3.19. The first kappa shape index (κ1) is 14.9. The third kappa shape index (κ3) is 2.46. The fourth-order valence-electron chi connectivity index (χ4n) is 3.52. The average molecular weight is 323 g/mol. The van der Waals surface area contributed by atoms with Crippen LogP contribution in [0.3, 0.4) is 0 Å². The second-order valence-electron chi connectivity index (χ2n) is 6.50. The van der Waals surface area contributed by atoms with E-state index in [9.17, 15) is 10.2 Å². The van der Waals surface area contributed by atoms with Crippen molar-refractivity contribution in [3.63, 3.8) is 0 Å². The molecule has 1 saturated carbocycles. The van der Waals surface area contributed by atoms with E-state index in [-0.39, 0.29) is 11.5 Å². The summed E-state index contributed by atoms with van der Waals surface area (Å²) in [5.41, 5.74) is 3.56. The van der Waals surface area contributed by atoms with Crippen LogP contribution in [0.4, 0.5) is 5.82 Å². The van der Waals surface area contributed by atoms with Gasteiger partial charge in [-0.25, -0.2) is 4.98 Å². The van der Waals surface area contributed by atoms with Gasteiger partial charge < -0.3 is 15.5 Å². The number of anilines is 1. The lowest BCUT2D eigenvalue weighted by Crippen LogP contribution is -2.16. The summed E-state index contributed by atoms with van der Waals surface area (Å²) in [6, 6.07) is 11.3. The second kappa shape index (κ2) is 5.74. The number of fused-ring (bicyclic) bond motifs is 1. The van der Waals surface area contributed by atoms with E-state index in [2.05, 4.69) is 22.7 Å². The number of aromatic hydroxyl groups is 2. The van der Waals surface area contributed by atoms with Crippen molar-refractivity contribution in [1.82, 2.24) is 9.38 Å². The maximum Gasteiger partial charge on any atom is 0.158 e. The van der Waals surface area contributed by atoms with Gasteiger partial charge in [0.25, 0.3) is 0 Å². The van der Waals surface area contributed by atoms with Crippen LogP contribution in [-0.4, -0.2) is 25.6 Å². The summed E-state index contributed by atoms with van der Waals surface area (Å²) in [7, 11) is 0. The van der Waals surface area contributed by atoms with Gasteiger partial charge in [0, 0.05) is 17.3 Å². The Kier molecular flexibility index (Phi) is 3.56. The molecule has 0 saturated heterocycles. The van der Waals surface area contributed by atoms with Gasteiger partial charge in [-0.3, -0.25) is 4.40 Å². The van der Waals surface area contributed by atoms with E-state index in [4.69, 9.17) is 4.98 Å². The van der Waals surface area contributed by atoms with Crippen molar-refractivity contribution in [3.8, 4) is 22.8 Å². The molecule has 1 aliphatic carbocycles. The molecule has 0 bridgehead atoms. The molecule has 0 atom stereocenters. The molecule has 124 valence electrons. The number of aryl methyl sites for hydroxylation is 1. The summed E-state index contributed by atoms with van der Waals surface area (Å²) in [6.45, 7) is 2.06. The summed E-state index contributed by atoms with van der Waals surface area (Å²) in [4.78, 5) is 4.76. The third-order valence-electron chi connectivity index (χ3n) is 4.78. The lowest BCUT2D eigenvalue weighted by atomic mass is 10.1. The van der Waals surface area contributed by atoms with Gasteiger partial charge in [0.05, 0.1) is 0 Å². The number of nitrogens with one attached hydrogen (secondary N) is 1. The van der Waals surface area contributed by atoms with E-state index >= 15 is 0 Å². The van der Waals surface area contributed by atoms with Crippen molar-refractivity contribution in [1.29, 1.82) is 0 Å². The normalized spacial score (nSPS) is 15.2. The SMILES string of the molecule is Cc1cccc2nc(-c3ccc(O)c(O)c3)c(NC3CCCC3)n12. The third-order valence-corrected chi connectivity index (χ3v) is 4.78. The van der Waals surface area contributed by atoms with Crippen LogP contribution in [0.2, 0.25) is 0 Å². The Morgan fingerprint density at radius 2 is 1.88 bits per heavy atom. The highest BCUT2D eigenvalue weighted by Crippen LogP contribution is 2.36. The lowest BCUT2D eigenvalue weighted by Gasteiger charge is -2.16. The zero-order valence-electron chi connectivity index (χ0n) is 13.7. The second-order valence-corrected chi connectivity index (χ2v) is 6.50. The van der Waals surface area contributed by atoms with Crippen molar-refractivity contribution in [2.75, 3.05) is 5.32 Å². The van der Waals surface area contributed by atoms with E-state index in [1.165, 1.54) is 31.7 Å². The molecule has 0 spiro atoms. The Labute approximate surface area is 140 Å². The first-order valence-corrected chi connectivity index (χ1v) is 8.40. The molecule has 3 aromatic rings. The predicted molar refractivity (Wildman–Crippen MR) is 94.6 cm³/mol. The van der Waals surface area contributed by atoms with Crippen LogP contribution in [0.1, 0.15) is 31.4 Å². The van der Waals surface area contributed by atoms with Gasteiger partial charge >= 0.3 is 0 Å². The first-order chi connectivity index (χ1) is 11.6. The van der Waals surface area contributed by atoms with Crippen LogP contribution in [-0.2, 0) is 0 Å². The highest BCUT2D eigenvalue weighted by Gasteiger charge is 2.21. The van der Waals surface area contributed by atoms with Gasteiger partial charge in [-0.05, 0) is 50.1 Å². The highest BCUT2D eigenvalue weighted by molar-refractivity contribution is 5.78. The number of aromatic nitrogens is 2. The molecule has 0 unspecified atom stereocenters. The number of hydrogen-bond donors (Lipinski definition) is 3. The minimum Gasteiger partial charge on any atom is -0.504 e. The maximum atomic E-state index is 9.86. The number of rotatable bonds is 3. The van der Waals surface area contributed by atoms with Crippen molar-refractivity contribution in [2.24, 2.45) is 0 Å². The first-order valence-electron chi connectivity index (χ1n) is 8.40. The number of imidazole rings is 1. The minimum absolute atomic E-state index is 0.121. The molecule has 5 heteroatoms. The molecule has 2 heterocycles. The van der Waals surface area contributed by atoms with Crippen LogP contribution < -0.4 is 5.32 Å². The number of nitrogens with zero attached hydrogens (tertiary/aromatic N) is 2. The summed E-state index contributed by atoms with van der Waals surface area (Å²) >= 11 is 0. The molecular formula is C19H21N3O2. The molecule has 1 aliphatic rings. The summed E-state index contributed by atoms with van der Waals surface area (Å²) < 4.78 is 2.12. The minimum atomic E-state index is -0.131. The largest absolute Gasteiger partial charge is 0.504 e. The quantitative estimate of drug-likeness (QED) is 0.635. The Morgan fingerprint density at radius 3 is 2.62 bits per heavy atom. The van der Waals surface area contributed by atoms with E-state index < -0.39 is 0 Å². The van der Waals surface area contributed by atoms with Crippen LogP contribution in [0.25, 0.3) is 16.9 Å². The fraction of sp³-hybridized carbons (Fsp3) is 0.316. The molecule has 0 aliphatic heterocycles. The number of pyridine rings is 1. The molecule has 1 aromatic carbocycles. The smallest absolute Gasteiger partial charge is 0.158 e. The van der Waals surface area contributed by atoms with Crippen LogP contribution in [0.5, 0.6) is 11.5 Å². The number of benzene rings is 1. The van der Waals surface area contributed by atoms with Crippen molar-refractivity contribution < 1.29 is 10.2 Å². The van der Waals surface area contributed by atoms with Crippen molar-refractivity contribution >= 4 is 11.5 Å². The fourth-order valence-corrected chi connectivity index (χ4v) is 3.52. The van der Waals surface area contributed by atoms with Crippen LogP contribution in [0, 0.1) is 6.92 Å². The van der Waals surface area contributed by atoms with E-state index in [1.54, 1.807) is 12.1 Å². The monoisotopic (exact) mass is 323 g/mol. The summed E-state index contributed by atoms with van der Waals surface area (Å²) in [6.07, 6.45) is 4.84. The van der Waals surface area contributed by atoms with Crippen LogP contribution in [0.15, 0.2) is 36.4 Å². The van der Waals surface area contributed by atoms with E-state index in [0.717, 1.165) is 28.4 Å². The maximum absolute atomic E-state index is 9.86. The molecular weight excluding hydrogens is 302 g/mol. The zero-order valence-corrected chi connectivity index (χ0v) is 13.7. The molecule has 2 aromatic heterocycles. The molecule has 3 N–H and O–H groups in total. The standard InChI is InChI=1S/C19H21N3O2/c1-12-5-4-8-17-21-18(13-9-10-15(23)16(24)11-13)19(22(12)17)20-14-6-2-3-7-14/h4-5,8-11,14,20,23-24H,2-3,6-7H2,1H3. The van der Waals surface area contributed by atoms with E-state index in [0.29, 0.717) is 6.04 Å². The zero-order chi connectivity index (χ0) is 16.7. The summed E-state index contributed by atoms with van der Waals surface area (Å²) in [5, 5.41) is 23.1. The molecule has 4 rings (SSSR count). The van der Waals surface area contributed by atoms with Gasteiger partial charge in [-0.2, -0.15) is 0 Å². The Morgan fingerprint density at radius 1 is 1.08 bits per heavy atom. The Hall–Kier alpha value is -2.69. The molecule has 24 heavy (non-hydrogen) atoms. The lowest BCUT2D eigenvalue weighted by molar-refractivity contribution is 0.404. The van der Waals surface area contributed by atoms with Gasteiger partial charge in [-0.15, -0.1) is 0 Å². The van der Waals surface area contributed by atoms with Gasteiger partial charge in [0.15, 0.2) is 11.5 Å². The molecule has 1 fully saturated rings.